The molecular weight excluding hydrogens is 186 g/mol. The summed E-state index contributed by atoms with van der Waals surface area (Å²) >= 11 is 0. The number of rotatable bonds is 1. The first-order valence-corrected chi connectivity index (χ1v) is 3.91. The molecule has 2 rings (SSSR count). The maximum Gasteiger partial charge on any atom is 0.124 e. The average molecular weight is 196 g/mol. The van der Waals surface area contributed by atoms with Gasteiger partial charge in [0.15, 0.2) is 0 Å². The van der Waals surface area contributed by atoms with Crippen LogP contribution in [-0.4, -0.2) is 18.1 Å². The van der Waals surface area contributed by atoms with Gasteiger partial charge >= 0.3 is 0 Å². The number of aromatic nitrogens is 1. The van der Waals surface area contributed by atoms with E-state index in [4.69, 9.17) is 5.26 Å². The van der Waals surface area contributed by atoms with Crippen LogP contribution in [0.1, 0.15) is 5.69 Å². The van der Waals surface area contributed by atoms with Crippen molar-refractivity contribution in [1.29, 1.82) is 5.26 Å². The quantitative estimate of drug-likeness (QED) is 0.724. The molecule has 0 aliphatic carbocycles. The van der Waals surface area contributed by atoms with Crippen molar-refractivity contribution in [3.8, 4) is 6.07 Å². The van der Waals surface area contributed by atoms with Gasteiger partial charge in [0.1, 0.15) is 5.41 Å². The summed E-state index contributed by atoms with van der Waals surface area (Å²) in [6, 6.07) is 7.99. The van der Waals surface area contributed by atoms with Gasteiger partial charge in [-0.05, 0) is 12.1 Å². The molecule has 13 heavy (non-hydrogen) atoms. The zero-order valence-electron chi connectivity index (χ0n) is 7.03. The molecule has 3 nitrogen and oxygen atoms in total. The highest BCUT2D eigenvalue weighted by Crippen LogP contribution is 2.25. The minimum Gasteiger partial charge on any atom is -0.313 e. The van der Waals surface area contributed by atoms with Gasteiger partial charge < -0.3 is 5.32 Å². The van der Waals surface area contributed by atoms with Crippen molar-refractivity contribution in [2.45, 2.75) is 5.41 Å². The molecule has 1 aromatic heterocycles. The van der Waals surface area contributed by atoms with E-state index in [9.17, 15) is 0 Å². The van der Waals surface area contributed by atoms with Gasteiger partial charge in [0, 0.05) is 19.3 Å². The maximum absolute atomic E-state index is 8.96. The Labute approximate surface area is 83.2 Å². The van der Waals surface area contributed by atoms with Gasteiger partial charge in [0.05, 0.1) is 11.8 Å². The SMILES string of the molecule is Cl.N#CC1(c2ccccn2)CNC1. The summed E-state index contributed by atoms with van der Waals surface area (Å²) < 4.78 is 0. The second kappa shape index (κ2) is 3.73. The molecular formula is C9H10ClN3. The largest absolute Gasteiger partial charge is 0.313 e. The van der Waals surface area contributed by atoms with E-state index in [-0.39, 0.29) is 17.8 Å². The molecule has 1 saturated heterocycles. The summed E-state index contributed by atoms with van der Waals surface area (Å²) in [6.45, 7) is 1.45. The number of pyridine rings is 1. The Morgan fingerprint density at radius 2 is 2.23 bits per heavy atom. The predicted octanol–water partition coefficient (Wildman–Crippen LogP) is 0.868. The monoisotopic (exact) mass is 195 g/mol. The Hall–Kier alpha value is -1.11. The van der Waals surface area contributed by atoms with E-state index in [0.717, 1.165) is 18.8 Å². The standard InChI is InChI=1S/C9H9N3.ClH/c10-5-9(6-11-7-9)8-3-1-2-4-12-8;/h1-4,11H,6-7H2;1H. The smallest absolute Gasteiger partial charge is 0.124 e. The molecule has 1 aliphatic rings. The Bertz CT molecular complexity index is 313. The molecule has 0 saturated carbocycles. The van der Waals surface area contributed by atoms with Gasteiger partial charge in [0.2, 0.25) is 0 Å². The maximum atomic E-state index is 8.96. The van der Waals surface area contributed by atoms with Crippen LogP contribution in [0.25, 0.3) is 0 Å². The van der Waals surface area contributed by atoms with Crippen molar-refractivity contribution in [2.75, 3.05) is 13.1 Å². The molecule has 0 aromatic carbocycles. The van der Waals surface area contributed by atoms with Gasteiger partial charge in [-0.3, -0.25) is 4.98 Å². The molecule has 1 aliphatic heterocycles. The third kappa shape index (κ3) is 1.51. The van der Waals surface area contributed by atoms with Gasteiger partial charge in [-0.25, -0.2) is 0 Å². The predicted molar refractivity (Wildman–Crippen MR) is 51.6 cm³/mol. The summed E-state index contributed by atoms with van der Waals surface area (Å²) in [7, 11) is 0. The van der Waals surface area contributed by atoms with Crippen molar-refractivity contribution in [3.05, 3.63) is 30.1 Å². The molecule has 0 bridgehead atoms. The normalized spacial score (nSPS) is 17.8. The van der Waals surface area contributed by atoms with Crippen molar-refractivity contribution in [1.82, 2.24) is 10.3 Å². The van der Waals surface area contributed by atoms with Crippen LogP contribution in [0.2, 0.25) is 0 Å². The molecule has 0 amide bonds. The zero-order chi connectivity index (χ0) is 8.44. The average Bonchev–Trinajstić information content (AvgIpc) is 2.05. The molecule has 1 N–H and O–H groups in total. The number of halogens is 1. The van der Waals surface area contributed by atoms with E-state index >= 15 is 0 Å². The fourth-order valence-corrected chi connectivity index (χ4v) is 1.34. The number of nitriles is 1. The van der Waals surface area contributed by atoms with Gasteiger partial charge in [-0.15, -0.1) is 12.4 Å². The minimum atomic E-state index is -0.360. The second-order valence-corrected chi connectivity index (χ2v) is 3.01. The van der Waals surface area contributed by atoms with Crippen molar-refractivity contribution in [3.63, 3.8) is 0 Å². The van der Waals surface area contributed by atoms with E-state index in [1.54, 1.807) is 6.20 Å². The molecule has 1 fully saturated rings. The van der Waals surface area contributed by atoms with Crippen LogP contribution < -0.4 is 5.32 Å². The summed E-state index contributed by atoms with van der Waals surface area (Å²) in [5.41, 5.74) is 0.521. The minimum absolute atomic E-state index is 0. The van der Waals surface area contributed by atoms with Crippen LogP contribution in [0.3, 0.4) is 0 Å². The third-order valence-electron chi connectivity index (χ3n) is 2.22. The highest BCUT2D eigenvalue weighted by Gasteiger charge is 2.40. The summed E-state index contributed by atoms with van der Waals surface area (Å²) in [5.74, 6) is 0. The van der Waals surface area contributed by atoms with Gasteiger partial charge in [-0.2, -0.15) is 5.26 Å². The summed E-state index contributed by atoms with van der Waals surface area (Å²) in [4.78, 5) is 4.18. The lowest BCUT2D eigenvalue weighted by atomic mass is 9.80. The van der Waals surface area contributed by atoms with Crippen LogP contribution >= 0.6 is 12.4 Å². The van der Waals surface area contributed by atoms with Crippen LogP contribution in [0.5, 0.6) is 0 Å². The Kier molecular flexibility index (Phi) is 2.86. The lowest BCUT2D eigenvalue weighted by molar-refractivity contribution is 0.348. The molecule has 2 heterocycles. The third-order valence-corrected chi connectivity index (χ3v) is 2.22. The molecule has 4 heteroatoms. The molecule has 0 radical (unpaired) electrons. The van der Waals surface area contributed by atoms with Gasteiger partial charge in [0.25, 0.3) is 0 Å². The summed E-state index contributed by atoms with van der Waals surface area (Å²) in [5, 5.41) is 12.0. The summed E-state index contributed by atoms with van der Waals surface area (Å²) in [6.07, 6.45) is 1.73. The fourth-order valence-electron chi connectivity index (χ4n) is 1.34. The lowest BCUT2D eigenvalue weighted by Crippen LogP contribution is -2.56. The fraction of sp³-hybridized carbons (Fsp3) is 0.333. The van der Waals surface area contributed by atoms with E-state index < -0.39 is 0 Å². The van der Waals surface area contributed by atoms with E-state index in [1.807, 2.05) is 18.2 Å². The van der Waals surface area contributed by atoms with Crippen LogP contribution in [-0.2, 0) is 5.41 Å². The number of nitrogens with one attached hydrogen (secondary N) is 1. The molecule has 0 unspecified atom stereocenters. The van der Waals surface area contributed by atoms with Crippen molar-refractivity contribution in [2.24, 2.45) is 0 Å². The second-order valence-electron chi connectivity index (χ2n) is 3.01. The Morgan fingerprint density at radius 3 is 2.62 bits per heavy atom. The first-order chi connectivity index (χ1) is 5.87. The number of hydrogen-bond acceptors (Lipinski definition) is 3. The topological polar surface area (TPSA) is 48.7 Å². The van der Waals surface area contributed by atoms with Crippen molar-refractivity contribution < 1.29 is 0 Å². The highest BCUT2D eigenvalue weighted by molar-refractivity contribution is 5.85. The zero-order valence-corrected chi connectivity index (χ0v) is 7.84. The molecule has 68 valence electrons. The highest BCUT2D eigenvalue weighted by atomic mass is 35.5. The van der Waals surface area contributed by atoms with Crippen LogP contribution in [0.4, 0.5) is 0 Å². The Balaban J connectivity index is 0.000000845. The van der Waals surface area contributed by atoms with E-state index in [2.05, 4.69) is 16.4 Å². The number of nitrogens with zero attached hydrogens (tertiary/aromatic N) is 2. The molecule has 1 aromatic rings. The number of hydrogen-bond donors (Lipinski definition) is 1. The van der Waals surface area contributed by atoms with Crippen molar-refractivity contribution >= 4 is 12.4 Å². The van der Waals surface area contributed by atoms with E-state index in [1.165, 1.54) is 0 Å². The lowest BCUT2D eigenvalue weighted by Gasteiger charge is -2.35. The van der Waals surface area contributed by atoms with Crippen LogP contribution in [0, 0.1) is 11.3 Å². The molecule has 0 spiro atoms. The molecule has 0 atom stereocenters. The van der Waals surface area contributed by atoms with Crippen LogP contribution in [0.15, 0.2) is 24.4 Å². The Morgan fingerprint density at radius 1 is 1.46 bits per heavy atom. The van der Waals surface area contributed by atoms with Gasteiger partial charge in [-0.1, -0.05) is 6.07 Å². The first kappa shape index (κ1) is 9.97. The van der Waals surface area contributed by atoms with E-state index in [0.29, 0.717) is 0 Å². The first-order valence-electron chi connectivity index (χ1n) is 3.91.